The number of hydrogen-bond donors (Lipinski definition) is 4. The van der Waals surface area contributed by atoms with Crippen molar-refractivity contribution in [3.63, 3.8) is 0 Å². The lowest BCUT2D eigenvalue weighted by Gasteiger charge is -2.32. The number of aromatic nitrogens is 2. The van der Waals surface area contributed by atoms with Crippen LogP contribution in [-0.4, -0.2) is 33.7 Å². The van der Waals surface area contributed by atoms with Gasteiger partial charge in [0.05, 0.1) is 23.4 Å². The van der Waals surface area contributed by atoms with Gasteiger partial charge in [-0.3, -0.25) is 9.78 Å². The Morgan fingerprint density at radius 2 is 1.78 bits per heavy atom. The van der Waals surface area contributed by atoms with E-state index >= 15 is 0 Å². The molecule has 2 aromatic carbocycles. The van der Waals surface area contributed by atoms with Crippen molar-refractivity contribution in [2.45, 2.75) is 31.2 Å². The van der Waals surface area contributed by atoms with Crippen LogP contribution >= 0.6 is 0 Å². The first kappa shape index (κ1) is 26.0. The molecule has 0 saturated carbocycles. The van der Waals surface area contributed by atoms with Crippen LogP contribution in [-0.2, 0) is 11.1 Å². The minimum Gasteiger partial charge on any atom is -0.408 e. The average molecular weight is 518 g/mol. The largest absolute Gasteiger partial charge is 0.424 e. The Kier molecular flexibility index (Phi) is 6.42. The highest BCUT2D eigenvalue weighted by Crippen LogP contribution is 2.40. The van der Waals surface area contributed by atoms with Gasteiger partial charge in [-0.15, -0.1) is 0 Å². The number of aromatic amines is 1. The first-order valence-electron chi connectivity index (χ1n) is 11.0. The second-order valence-corrected chi connectivity index (χ2v) is 9.12. The molecular weight excluding hydrogens is 496 g/mol. The van der Waals surface area contributed by atoms with Crippen LogP contribution in [0.25, 0.3) is 22.4 Å². The summed E-state index contributed by atoms with van der Waals surface area (Å²) in [7, 11) is 0. The smallest absolute Gasteiger partial charge is 0.408 e. The highest BCUT2D eigenvalue weighted by molar-refractivity contribution is 5.97. The van der Waals surface area contributed by atoms with Crippen molar-refractivity contribution in [3.05, 3.63) is 87.8 Å². The molecule has 1 unspecified atom stereocenters. The van der Waals surface area contributed by atoms with Gasteiger partial charge in [0.15, 0.2) is 5.58 Å². The minimum atomic E-state index is -5.26. The summed E-state index contributed by atoms with van der Waals surface area (Å²) < 4.78 is 61.1. The third-order valence-corrected chi connectivity index (χ3v) is 5.79. The van der Waals surface area contributed by atoms with E-state index in [1.807, 2.05) is 0 Å². The van der Waals surface area contributed by atoms with Crippen LogP contribution in [0.15, 0.2) is 63.8 Å². The molecule has 0 bridgehead atoms. The quantitative estimate of drug-likeness (QED) is 0.288. The van der Waals surface area contributed by atoms with Gasteiger partial charge >= 0.3 is 11.9 Å². The number of alkyl halides is 3. The number of nitrogens with zero attached hydrogens (tertiary/aromatic N) is 1. The maximum Gasteiger partial charge on any atom is 0.424 e. The number of hydrogen-bond acceptors (Lipinski definition) is 6. The van der Waals surface area contributed by atoms with Gasteiger partial charge < -0.3 is 20.6 Å². The molecule has 0 aliphatic rings. The van der Waals surface area contributed by atoms with Crippen molar-refractivity contribution in [1.82, 2.24) is 15.3 Å². The van der Waals surface area contributed by atoms with Gasteiger partial charge in [0, 0.05) is 16.7 Å². The van der Waals surface area contributed by atoms with Crippen molar-refractivity contribution in [2.75, 3.05) is 6.54 Å². The van der Waals surface area contributed by atoms with E-state index in [2.05, 4.69) is 15.3 Å². The Balaban J connectivity index is 1.73. The van der Waals surface area contributed by atoms with Crippen molar-refractivity contribution in [1.29, 1.82) is 0 Å². The van der Waals surface area contributed by atoms with E-state index in [0.717, 1.165) is 18.2 Å². The molecule has 1 amide bonds. The summed E-state index contributed by atoms with van der Waals surface area (Å²) in [6.45, 7) is 1.84. The van der Waals surface area contributed by atoms with Crippen LogP contribution in [0.4, 0.5) is 17.6 Å². The predicted molar refractivity (Wildman–Crippen MR) is 126 cm³/mol. The Bertz CT molecular complexity index is 1520. The molecular formula is C25H22F4N4O4. The molecule has 0 radical (unpaired) electrons. The lowest BCUT2D eigenvalue weighted by atomic mass is 9.89. The van der Waals surface area contributed by atoms with E-state index in [4.69, 9.17) is 10.2 Å². The molecule has 0 saturated heterocycles. The zero-order valence-electron chi connectivity index (χ0n) is 19.6. The molecule has 1 atom stereocenters. The van der Waals surface area contributed by atoms with E-state index in [0.29, 0.717) is 5.56 Å². The van der Waals surface area contributed by atoms with Crippen LogP contribution < -0.4 is 16.8 Å². The number of halogens is 4. The number of oxazole rings is 1. The molecule has 0 aliphatic heterocycles. The Morgan fingerprint density at radius 3 is 2.41 bits per heavy atom. The van der Waals surface area contributed by atoms with Gasteiger partial charge in [-0.1, -0.05) is 0 Å². The highest BCUT2D eigenvalue weighted by Gasteiger charge is 2.56. The second-order valence-electron chi connectivity index (χ2n) is 9.12. The van der Waals surface area contributed by atoms with Crippen LogP contribution in [0.1, 0.15) is 35.5 Å². The Morgan fingerprint density at radius 1 is 1.11 bits per heavy atom. The molecule has 4 aromatic rings. The van der Waals surface area contributed by atoms with E-state index in [1.165, 1.54) is 36.4 Å². The average Bonchev–Trinajstić information content (AvgIpc) is 3.20. The normalized spacial score (nSPS) is 13.9. The number of carbonyl (C=O) groups is 1. The van der Waals surface area contributed by atoms with Crippen LogP contribution in [0.5, 0.6) is 0 Å². The standard InChI is InChI=1S/C25H22F4N4O4/c1-23(2,30)15-10-17(13-3-6-16(26)7-4-13)32-20(11-15)24(36,25(27,28)29)12-31-21(34)14-5-8-19-18(9-14)33-22(35)37-19/h3-11,36H,12,30H2,1-2H3,(H,31,34)(H,33,35). The number of carbonyl (C=O) groups excluding carboxylic acids is 1. The lowest BCUT2D eigenvalue weighted by Crippen LogP contribution is -2.51. The topological polar surface area (TPSA) is 134 Å². The van der Waals surface area contributed by atoms with Gasteiger partial charge in [0.2, 0.25) is 5.60 Å². The van der Waals surface area contributed by atoms with E-state index in [9.17, 15) is 32.3 Å². The molecule has 5 N–H and O–H groups in total. The molecule has 2 heterocycles. The molecule has 0 spiro atoms. The molecule has 2 aromatic heterocycles. The third-order valence-electron chi connectivity index (χ3n) is 5.79. The van der Waals surface area contributed by atoms with Gasteiger partial charge in [0.25, 0.3) is 5.91 Å². The van der Waals surface area contributed by atoms with E-state index in [1.54, 1.807) is 13.8 Å². The zero-order chi connectivity index (χ0) is 27.2. The summed E-state index contributed by atoms with van der Waals surface area (Å²) in [4.78, 5) is 30.4. The minimum absolute atomic E-state index is 0.0226. The first-order valence-corrected chi connectivity index (χ1v) is 11.0. The molecule has 37 heavy (non-hydrogen) atoms. The summed E-state index contributed by atoms with van der Waals surface area (Å²) in [5.41, 5.74) is 1.41. The van der Waals surface area contributed by atoms with Gasteiger partial charge in [-0.2, -0.15) is 13.2 Å². The molecule has 4 rings (SSSR count). The Hall–Kier alpha value is -4.03. The van der Waals surface area contributed by atoms with Crippen molar-refractivity contribution >= 4 is 17.0 Å². The summed E-state index contributed by atoms with van der Waals surface area (Å²) in [5.74, 6) is -2.25. The summed E-state index contributed by atoms with van der Waals surface area (Å²) in [5, 5.41) is 13.0. The molecule has 0 aliphatic carbocycles. The van der Waals surface area contributed by atoms with Crippen LogP contribution in [0, 0.1) is 5.82 Å². The van der Waals surface area contributed by atoms with Crippen molar-refractivity contribution in [3.8, 4) is 11.3 Å². The molecule has 12 heteroatoms. The van der Waals surface area contributed by atoms with Crippen LogP contribution in [0.2, 0.25) is 0 Å². The summed E-state index contributed by atoms with van der Waals surface area (Å²) >= 11 is 0. The molecule has 194 valence electrons. The fourth-order valence-corrected chi connectivity index (χ4v) is 3.62. The second kappa shape index (κ2) is 9.12. The number of pyridine rings is 1. The van der Waals surface area contributed by atoms with Gasteiger partial charge in [-0.05, 0) is 74.0 Å². The number of nitrogens with two attached hydrogens (primary N) is 1. The fraction of sp³-hybridized carbons (Fsp3) is 0.240. The zero-order valence-corrected chi connectivity index (χ0v) is 19.6. The third kappa shape index (κ3) is 5.25. The summed E-state index contributed by atoms with van der Waals surface area (Å²) in [6.07, 6.45) is -5.26. The number of H-pyrrole nitrogens is 1. The van der Waals surface area contributed by atoms with Crippen molar-refractivity contribution < 1.29 is 31.9 Å². The predicted octanol–water partition coefficient (Wildman–Crippen LogP) is 3.70. The number of rotatable bonds is 6. The van der Waals surface area contributed by atoms with E-state index < -0.39 is 47.0 Å². The van der Waals surface area contributed by atoms with Crippen molar-refractivity contribution in [2.24, 2.45) is 5.73 Å². The number of benzene rings is 2. The first-order chi connectivity index (χ1) is 17.2. The van der Waals surface area contributed by atoms with Gasteiger partial charge in [-0.25, -0.2) is 14.2 Å². The monoisotopic (exact) mass is 518 g/mol. The highest BCUT2D eigenvalue weighted by atomic mass is 19.4. The summed E-state index contributed by atoms with van der Waals surface area (Å²) in [6, 6.07) is 11.2. The number of aliphatic hydroxyl groups is 1. The number of amides is 1. The van der Waals surface area contributed by atoms with Gasteiger partial charge in [0.1, 0.15) is 5.82 Å². The Labute approximate surface area is 207 Å². The SMILES string of the molecule is CC(C)(N)c1cc(-c2ccc(F)cc2)nc(C(O)(CNC(=O)c2ccc3oc(=O)[nH]c3c2)C(F)(F)F)c1. The van der Waals surface area contributed by atoms with E-state index in [-0.39, 0.29) is 27.9 Å². The maximum absolute atomic E-state index is 14.3. The van der Waals surface area contributed by atoms with Crippen LogP contribution in [0.3, 0.4) is 0 Å². The number of fused-ring (bicyclic) bond motifs is 1. The maximum atomic E-state index is 14.3. The molecule has 0 fully saturated rings. The fourth-order valence-electron chi connectivity index (χ4n) is 3.62. The number of nitrogens with one attached hydrogen (secondary N) is 2. The lowest BCUT2D eigenvalue weighted by molar-refractivity contribution is -0.265. The molecule has 8 nitrogen and oxygen atoms in total.